The molecule has 24 heavy (non-hydrogen) atoms. The summed E-state index contributed by atoms with van der Waals surface area (Å²) in [6, 6.07) is 5.40. The molecule has 0 heterocycles. The van der Waals surface area contributed by atoms with Gasteiger partial charge in [0.1, 0.15) is 5.75 Å². The summed E-state index contributed by atoms with van der Waals surface area (Å²) in [6.45, 7) is 6.50. The van der Waals surface area contributed by atoms with Gasteiger partial charge in [0.05, 0.1) is 6.61 Å². The van der Waals surface area contributed by atoms with Gasteiger partial charge in [0.25, 0.3) is 0 Å². The number of aryl methyl sites for hydroxylation is 2. The highest BCUT2D eigenvalue weighted by Crippen LogP contribution is 2.16. The number of ether oxygens (including phenoxy) is 2. The molecule has 0 aliphatic carbocycles. The monoisotopic (exact) mass is 332 g/mol. The molecular formula is C20H28O4. The molecule has 1 aromatic rings. The van der Waals surface area contributed by atoms with Crippen molar-refractivity contribution < 1.29 is 19.1 Å². The Labute approximate surface area is 144 Å². The van der Waals surface area contributed by atoms with Crippen molar-refractivity contribution in [1.29, 1.82) is 0 Å². The van der Waals surface area contributed by atoms with Crippen LogP contribution in [0, 0.1) is 13.8 Å². The molecule has 0 amide bonds. The lowest BCUT2D eigenvalue weighted by molar-refractivity contribution is -0.138. The van der Waals surface area contributed by atoms with Crippen molar-refractivity contribution in [3.63, 3.8) is 0 Å². The smallest absolute Gasteiger partial charge is 0.336 e. The van der Waals surface area contributed by atoms with E-state index in [9.17, 15) is 9.59 Å². The van der Waals surface area contributed by atoms with Gasteiger partial charge in [-0.05, 0) is 43.5 Å². The molecule has 0 N–H and O–H groups in total. The summed E-state index contributed by atoms with van der Waals surface area (Å²) in [6.07, 6.45) is 9.00. The zero-order valence-corrected chi connectivity index (χ0v) is 15.0. The predicted molar refractivity (Wildman–Crippen MR) is 95.0 cm³/mol. The van der Waals surface area contributed by atoms with E-state index in [0.717, 1.165) is 36.1 Å². The van der Waals surface area contributed by atoms with Gasteiger partial charge in [-0.2, -0.15) is 0 Å². The van der Waals surface area contributed by atoms with Gasteiger partial charge < -0.3 is 9.47 Å². The maximum Gasteiger partial charge on any atom is 0.336 e. The summed E-state index contributed by atoms with van der Waals surface area (Å²) in [5, 5.41) is 0. The Bertz CT molecular complexity index is 561. The van der Waals surface area contributed by atoms with Crippen molar-refractivity contribution in [3.05, 3.63) is 41.5 Å². The first-order valence-electron chi connectivity index (χ1n) is 8.67. The Kier molecular flexibility index (Phi) is 9.51. The molecule has 1 aromatic carbocycles. The minimum atomic E-state index is -0.588. The number of hydrogen-bond acceptors (Lipinski definition) is 4. The van der Waals surface area contributed by atoms with Gasteiger partial charge >= 0.3 is 11.9 Å². The lowest BCUT2D eigenvalue weighted by Crippen LogP contribution is -2.07. The maximum absolute atomic E-state index is 11.7. The minimum Gasteiger partial charge on any atom is -0.463 e. The molecule has 0 aliphatic heterocycles. The highest BCUT2D eigenvalue weighted by Gasteiger charge is 2.04. The van der Waals surface area contributed by atoms with Crippen LogP contribution in [0.5, 0.6) is 5.75 Å². The summed E-state index contributed by atoms with van der Waals surface area (Å²) < 4.78 is 10.2. The summed E-state index contributed by atoms with van der Waals surface area (Å²) >= 11 is 0. The third-order valence-corrected chi connectivity index (χ3v) is 3.79. The molecular weight excluding hydrogens is 304 g/mol. The number of carbonyl (C=O) groups excluding carboxylic acids is 2. The average molecular weight is 332 g/mol. The maximum atomic E-state index is 11.7. The van der Waals surface area contributed by atoms with E-state index < -0.39 is 11.9 Å². The lowest BCUT2D eigenvalue weighted by Gasteiger charge is -2.04. The normalized spacial score (nSPS) is 10.8. The van der Waals surface area contributed by atoms with Crippen molar-refractivity contribution >= 4 is 11.9 Å². The van der Waals surface area contributed by atoms with Crippen molar-refractivity contribution in [3.8, 4) is 5.75 Å². The highest BCUT2D eigenvalue weighted by atomic mass is 16.5. The molecule has 0 saturated heterocycles. The fraction of sp³-hybridized carbons (Fsp3) is 0.500. The molecule has 0 atom stereocenters. The second-order valence-electron chi connectivity index (χ2n) is 5.94. The summed E-state index contributed by atoms with van der Waals surface area (Å²) in [5.74, 6) is -0.636. The van der Waals surface area contributed by atoms with E-state index in [1.165, 1.54) is 25.7 Å². The lowest BCUT2D eigenvalue weighted by atomic mass is 10.1. The molecule has 0 fully saturated rings. The van der Waals surface area contributed by atoms with Crippen molar-refractivity contribution in [2.45, 2.75) is 59.3 Å². The van der Waals surface area contributed by atoms with Gasteiger partial charge in [0.2, 0.25) is 0 Å². The average Bonchev–Trinajstić information content (AvgIpc) is 2.55. The van der Waals surface area contributed by atoms with Crippen molar-refractivity contribution in [2.75, 3.05) is 6.61 Å². The quantitative estimate of drug-likeness (QED) is 0.270. The van der Waals surface area contributed by atoms with Gasteiger partial charge in [0, 0.05) is 12.2 Å². The third kappa shape index (κ3) is 8.51. The van der Waals surface area contributed by atoms with E-state index in [0.29, 0.717) is 12.4 Å². The molecule has 4 heteroatoms. The summed E-state index contributed by atoms with van der Waals surface area (Å²) in [5.41, 5.74) is 2.17. The van der Waals surface area contributed by atoms with Crippen molar-refractivity contribution in [1.82, 2.24) is 0 Å². The predicted octanol–water partition coefficient (Wildman–Crippen LogP) is 4.67. The molecule has 0 aromatic heterocycles. The van der Waals surface area contributed by atoms with Crippen LogP contribution in [0.1, 0.15) is 56.6 Å². The Morgan fingerprint density at radius 2 is 1.58 bits per heavy atom. The summed E-state index contributed by atoms with van der Waals surface area (Å²) in [4.78, 5) is 23.2. The van der Waals surface area contributed by atoms with E-state index in [4.69, 9.17) is 9.47 Å². The first kappa shape index (κ1) is 19.9. The topological polar surface area (TPSA) is 52.6 Å². The van der Waals surface area contributed by atoms with Crippen LogP contribution in [0.4, 0.5) is 0 Å². The molecule has 4 nitrogen and oxygen atoms in total. The SMILES string of the molecule is CCCCCCCCOC(=O)/C=C/C(=O)Oc1ccc(C)c(C)c1. The van der Waals surface area contributed by atoms with Gasteiger partial charge in [-0.1, -0.05) is 45.1 Å². The van der Waals surface area contributed by atoms with Gasteiger partial charge in [0.15, 0.2) is 0 Å². The highest BCUT2D eigenvalue weighted by molar-refractivity contribution is 5.92. The van der Waals surface area contributed by atoms with Crippen LogP contribution in [0.3, 0.4) is 0 Å². The van der Waals surface area contributed by atoms with Crippen LogP contribution < -0.4 is 4.74 Å². The molecule has 1 rings (SSSR count). The number of benzene rings is 1. The van der Waals surface area contributed by atoms with E-state index in [2.05, 4.69) is 6.92 Å². The Hall–Kier alpha value is -2.10. The second kappa shape index (κ2) is 11.4. The first-order chi connectivity index (χ1) is 11.5. The van der Waals surface area contributed by atoms with Crippen LogP contribution >= 0.6 is 0 Å². The van der Waals surface area contributed by atoms with Crippen LogP contribution in [0.2, 0.25) is 0 Å². The second-order valence-corrected chi connectivity index (χ2v) is 5.94. The standard InChI is InChI=1S/C20H28O4/c1-4-5-6-7-8-9-14-23-19(21)12-13-20(22)24-18-11-10-16(2)17(3)15-18/h10-13,15H,4-9,14H2,1-3H3/b13-12+. The third-order valence-electron chi connectivity index (χ3n) is 3.79. The van der Waals surface area contributed by atoms with Crippen LogP contribution in [0.15, 0.2) is 30.4 Å². The van der Waals surface area contributed by atoms with E-state index in [1.807, 2.05) is 19.9 Å². The molecule has 0 aliphatic rings. The molecule has 0 saturated carbocycles. The van der Waals surface area contributed by atoms with Gasteiger partial charge in [-0.25, -0.2) is 9.59 Å². The molecule has 0 bridgehead atoms. The number of esters is 2. The van der Waals surface area contributed by atoms with Crippen LogP contribution in [-0.2, 0) is 14.3 Å². The zero-order valence-electron chi connectivity index (χ0n) is 15.0. The molecule has 132 valence electrons. The van der Waals surface area contributed by atoms with Gasteiger partial charge in [-0.15, -0.1) is 0 Å². The zero-order chi connectivity index (χ0) is 17.8. The molecule has 0 spiro atoms. The Balaban J connectivity index is 2.23. The van der Waals surface area contributed by atoms with E-state index >= 15 is 0 Å². The van der Waals surface area contributed by atoms with E-state index in [-0.39, 0.29) is 0 Å². The minimum absolute atomic E-state index is 0.390. The Morgan fingerprint density at radius 3 is 2.29 bits per heavy atom. The number of rotatable bonds is 10. The van der Waals surface area contributed by atoms with Crippen molar-refractivity contribution in [2.24, 2.45) is 0 Å². The summed E-state index contributed by atoms with van der Waals surface area (Å²) in [7, 11) is 0. The number of carbonyl (C=O) groups is 2. The number of unbranched alkanes of at least 4 members (excludes halogenated alkanes) is 5. The fourth-order valence-corrected chi connectivity index (χ4v) is 2.17. The number of hydrogen-bond donors (Lipinski definition) is 0. The first-order valence-corrected chi connectivity index (χ1v) is 8.67. The fourth-order valence-electron chi connectivity index (χ4n) is 2.17. The molecule has 0 unspecified atom stereocenters. The van der Waals surface area contributed by atoms with Gasteiger partial charge in [-0.3, -0.25) is 0 Å². The largest absolute Gasteiger partial charge is 0.463 e. The Morgan fingerprint density at radius 1 is 0.917 bits per heavy atom. The van der Waals surface area contributed by atoms with Crippen LogP contribution in [-0.4, -0.2) is 18.5 Å². The van der Waals surface area contributed by atoms with E-state index in [1.54, 1.807) is 12.1 Å². The molecule has 0 radical (unpaired) electrons. The van der Waals surface area contributed by atoms with Crippen LogP contribution in [0.25, 0.3) is 0 Å².